The minimum Gasteiger partial charge on any atom is -0.422 e. The van der Waals surface area contributed by atoms with Gasteiger partial charge in [-0.05, 0) is 55.1 Å². The van der Waals surface area contributed by atoms with Crippen molar-refractivity contribution in [2.75, 3.05) is 4.72 Å². The summed E-state index contributed by atoms with van der Waals surface area (Å²) in [6.45, 7) is 1.46. The molecule has 1 N–H and O–H groups in total. The Morgan fingerprint density at radius 2 is 1.73 bits per heavy atom. The highest BCUT2D eigenvalue weighted by Crippen LogP contribution is 2.32. The number of hydrogen-bond donors (Lipinski definition) is 1. The van der Waals surface area contributed by atoms with Crippen LogP contribution in [-0.4, -0.2) is 14.2 Å². The third kappa shape index (κ3) is 4.85. The molecule has 4 rings (SSSR count). The van der Waals surface area contributed by atoms with Crippen LogP contribution in [0, 0.1) is 5.82 Å². The summed E-state index contributed by atoms with van der Waals surface area (Å²) >= 11 is 0. The lowest BCUT2D eigenvalue weighted by Gasteiger charge is -2.13. The van der Waals surface area contributed by atoms with Gasteiger partial charge in [0, 0.05) is 23.2 Å². The molecule has 0 amide bonds. The van der Waals surface area contributed by atoms with Crippen LogP contribution in [0.3, 0.4) is 0 Å². The first-order chi connectivity index (χ1) is 15.7. The minimum atomic E-state index is -3.82. The largest absolute Gasteiger partial charge is 0.422 e. The Bertz CT molecular complexity index is 1510. The fourth-order valence-corrected chi connectivity index (χ4v) is 4.67. The Morgan fingerprint density at radius 3 is 2.45 bits per heavy atom. The summed E-state index contributed by atoms with van der Waals surface area (Å²) < 4.78 is 47.2. The van der Waals surface area contributed by atoms with Gasteiger partial charge in [-0.1, -0.05) is 36.4 Å². The van der Waals surface area contributed by atoms with Crippen LogP contribution in [0.4, 0.5) is 10.1 Å². The number of rotatable bonds is 7. The summed E-state index contributed by atoms with van der Waals surface area (Å²) in [6.07, 6.45) is 0.476. The van der Waals surface area contributed by atoms with E-state index in [2.05, 4.69) is 4.72 Å². The predicted molar refractivity (Wildman–Crippen MR) is 124 cm³/mol. The number of benzene rings is 3. The zero-order chi connectivity index (χ0) is 23.6. The predicted octanol–water partition coefficient (Wildman–Crippen LogP) is 4.92. The lowest BCUT2D eigenvalue weighted by atomic mass is 9.97. The van der Waals surface area contributed by atoms with E-state index in [0.717, 1.165) is 6.07 Å². The molecule has 6 nitrogen and oxygen atoms in total. The SMILES string of the molecule is CC(=O)CCc1c(-c2cccc(NS(=O)(=O)c3ccccc3)c2)oc(=O)c2cc(F)ccc12. The van der Waals surface area contributed by atoms with Crippen LogP contribution in [0.5, 0.6) is 0 Å². The van der Waals surface area contributed by atoms with Gasteiger partial charge in [-0.2, -0.15) is 0 Å². The average Bonchev–Trinajstić information content (AvgIpc) is 2.79. The summed E-state index contributed by atoms with van der Waals surface area (Å²) in [5.41, 5.74) is 0.574. The van der Waals surface area contributed by atoms with Gasteiger partial charge in [0.15, 0.2) is 0 Å². The Morgan fingerprint density at radius 1 is 0.970 bits per heavy atom. The van der Waals surface area contributed by atoms with E-state index >= 15 is 0 Å². The highest BCUT2D eigenvalue weighted by molar-refractivity contribution is 7.92. The number of carbonyl (C=O) groups excluding carboxylic acids is 1. The van der Waals surface area contributed by atoms with Crippen LogP contribution >= 0.6 is 0 Å². The van der Waals surface area contributed by atoms with E-state index in [0.29, 0.717) is 16.5 Å². The van der Waals surface area contributed by atoms with Crippen molar-refractivity contribution in [2.24, 2.45) is 0 Å². The van der Waals surface area contributed by atoms with Gasteiger partial charge >= 0.3 is 5.63 Å². The highest BCUT2D eigenvalue weighted by Gasteiger charge is 2.18. The summed E-state index contributed by atoms with van der Waals surface area (Å²) in [7, 11) is -3.82. The molecule has 0 aliphatic rings. The van der Waals surface area contributed by atoms with Crippen LogP contribution in [-0.2, 0) is 21.2 Å². The molecule has 0 saturated carbocycles. The maximum Gasteiger partial charge on any atom is 0.344 e. The molecule has 3 aromatic carbocycles. The van der Waals surface area contributed by atoms with Gasteiger partial charge in [-0.3, -0.25) is 4.72 Å². The molecule has 0 radical (unpaired) electrons. The summed E-state index contributed by atoms with van der Waals surface area (Å²) in [5, 5.41) is 0.567. The van der Waals surface area contributed by atoms with Crippen LogP contribution in [0.2, 0.25) is 0 Å². The van der Waals surface area contributed by atoms with Crippen molar-refractivity contribution >= 4 is 32.3 Å². The molecule has 0 fully saturated rings. The maximum absolute atomic E-state index is 13.7. The molecule has 0 spiro atoms. The molecule has 0 unspecified atom stereocenters. The van der Waals surface area contributed by atoms with Crippen molar-refractivity contribution < 1.29 is 22.0 Å². The number of sulfonamides is 1. The van der Waals surface area contributed by atoms with E-state index < -0.39 is 21.5 Å². The molecule has 0 saturated heterocycles. The van der Waals surface area contributed by atoms with Gasteiger partial charge in [0.25, 0.3) is 10.0 Å². The zero-order valence-corrected chi connectivity index (χ0v) is 18.5. The lowest BCUT2D eigenvalue weighted by molar-refractivity contribution is -0.116. The molecule has 4 aromatic rings. The zero-order valence-electron chi connectivity index (χ0n) is 17.7. The Balaban J connectivity index is 1.82. The van der Waals surface area contributed by atoms with Crippen molar-refractivity contribution in [3.05, 3.63) is 94.6 Å². The Kier molecular flexibility index (Phi) is 6.11. The van der Waals surface area contributed by atoms with Crippen molar-refractivity contribution in [1.29, 1.82) is 0 Å². The first-order valence-corrected chi connectivity index (χ1v) is 11.7. The first-order valence-electron chi connectivity index (χ1n) is 10.2. The smallest absolute Gasteiger partial charge is 0.344 e. The number of hydrogen-bond acceptors (Lipinski definition) is 5. The van der Waals surface area contributed by atoms with Gasteiger partial charge in [-0.15, -0.1) is 0 Å². The summed E-state index contributed by atoms with van der Waals surface area (Å²) in [4.78, 5) is 24.3. The fraction of sp³-hybridized carbons (Fsp3) is 0.120. The fourth-order valence-electron chi connectivity index (χ4n) is 3.60. The number of aryl methyl sites for hydroxylation is 1. The van der Waals surface area contributed by atoms with Crippen molar-refractivity contribution in [3.63, 3.8) is 0 Å². The maximum atomic E-state index is 13.7. The number of anilines is 1. The van der Waals surface area contributed by atoms with Gasteiger partial charge < -0.3 is 9.21 Å². The highest BCUT2D eigenvalue weighted by atomic mass is 32.2. The number of fused-ring (bicyclic) bond motifs is 1. The van der Waals surface area contributed by atoms with E-state index in [1.807, 2.05) is 0 Å². The van der Waals surface area contributed by atoms with Gasteiger partial charge in [-0.25, -0.2) is 17.6 Å². The van der Waals surface area contributed by atoms with E-state index in [1.54, 1.807) is 42.5 Å². The molecular formula is C25H20FNO5S. The molecular weight excluding hydrogens is 445 g/mol. The number of ketones is 1. The third-order valence-electron chi connectivity index (χ3n) is 5.15. The minimum absolute atomic E-state index is 0.0493. The number of halogens is 1. The molecule has 0 bridgehead atoms. The number of carbonyl (C=O) groups is 1. The average molecular weight is 466 g/mol. The van der Waals surface area contributed by atoms with E-state index in [-0.39, 0.29) is 40.4 Å². The van der Waals surface area contributed by atoms with Crippen LogP contribution in [0.25, 0.3) is 22.1 Å². The van der Waals surface area contributed by atoms with Gasteiger partial charge in [0.2, 0.25) is 0 Å². The van der Waals surface area contributed by atoms with Crippen LogP contribution < -0.4 is 10.3 Å². The van der Waals surface area contributed by atoms with E-state index in [1.165, 1.54) is 31.2 Å². The molecule has 0 aliphatic carbocycles. The summed E-state index contributed by atoms with van der Waals surface area (Å²) in [6, 6.07) is 18.2. The second-order valence-electron chi connectivity index (χ2n) is 7.59. The van der Waals surface area contributed by atoms with Crippen molar-refractivity contribution in [3.8, 4) is 11.3 Å². The molecule has 1 heterocycles. The topological polar surface area (TPSA) is 93.4 Å². The molecule has 33 heavy (non-hydrogen) atoms. The standard InChI is InChI=1S/C25H20FNO5S/c1-16(28)10-12-22-21-13-11-18(26)15-23(21)25(29)32-24(22)17-6-5-7-19(14-17)27-33(30,31)20-8-3-2-4-9-20/h2-9,11,13-15,27H,10,12H2,1H3. The van der Waals surface area contributed by atoms with Crippen LogP contribution in [0.1, 0.15) is 18.9 Å². The van der Waals surface area contributed by atoms with E-state index in [4.69, 9.17) is 4.42 Å². The molecule has 0 aliphatic heterocycles. The number of nitrogens with one attached hydrogen (secondary N) is 1. The Hall–Kier alpha value is -3.78. The molecule has 1 aromatic heterocycles. The first kappa shape index (κ1) is 22.4. The van der Waals surface area contributed by atoms with Crippen molar-refractivity contribution in [1.82, 2.24) is 0 Å². The van der Waals surface area contributed by atoms with Crippen LogP contribution in [0.15, 0.2) is 86.9 Å². The normalized spacial score (nSPS) is 11.5. The van der Waals surface area contributed by atoms with Gasteiger partial charge in [0.05, 0.1) is 10.3 Å². The molecule has 0 atom stereocenters. The lowest BCUT2D eigenvalue weighted by Crippen LogP contribution is -2.13. The van der Waals surface area contributed by atoms with Gasteiger partial charge in [0.1, 0.15) is 17.4 Å². The second kappa shape index (κ2) is 8.99. The van der Waals surface area contributed by atoms with Crippen molar-refractivity contribution in [2.45, 2.75) is 24.7 Å². The summed E-state index contributed by atoms with van der Waals surface area (Å²) in [5.74, 6) is -0.412. The second-order valence-corrected chi connectivity index (χ2v) is 9.27. The monoisotopic (exact) mass is 465 g/mol. The third-order valence-corrected chi connectivity index (χ3v) is 6.55. The molecule has 168 valence electrons. The number of Topliss-reactive ketones (excluding diaryl/α,β-unsaturated/α-hetero) is 1. The quantitative estimate of drug-likeness (QED) is 0.418. The Labute approximate surface area is 189 Å². The molecule has 8 heteroatoms. The van der Waals surface area contributed by atoms with E-state index in [9.17, 15) is 22.4 Å².